The van der Waals surface area contributed by atoms with Crippen molar-refractivity contribution >= 4 is 0 Å². The smallest absolute Gasteiger partial charge is 0.0632 e. The molecule has 4 heteroatoms. The SMILES string of the molecule is COC[C@@H]1CCCN1N[C@H](C)CCCCCCCCC/C=C\[C@H]1CCCN1Cc1ccccc1. The maximum absolute atomic E-state index is 5.36. The summed E-state index contributed by atoms with van der Waals surface area (Å²) >= 11 is 0. The van der Waals surface area contributed by atoms with Crippen molar-refractivity contribution in [2.75, 3.05) is 26.8 Å². The van der Waals surface area contributed by atoms with E-state index in [-0.39, 0.29) is 0 Å². The zero-order valence-corrected chi connectivity index (χ0v) is 22.1. The first-order chi connectivity index (χ1) is 16.8. The van der Waals surface area contributed by atoms with Gasteiger partial charge in [0, 0.05) is 38.3 Å². The van der Waals surface area contributed by atoms with Gasteiger partial charge in [-0.25, -0.2) is 5.01 Å². The number of hydrogen-bond acceptors (Lipinski definition) is 4. The first-order valence-corrected chi connectivity index (χ1v) is 14.2. The molecule has 1 N–H and O–H groups in total. The molecule has 0 unspecified atom stereocenters. The van der Waals surface area contributed by atoms with Gasteiger partial charge in [0.25, 0.3) is 0 Å². The molecule has 0 spiro atoms. The Balaban J connectivity index is 1.14. The van der Waals surface area contributed by atoms with Crippen LogP contribution in [0.5, 0.6) is 0 Å². The molecule has 0 bridgehead atoms. The van der Waals surface area contributed by atoms with Crippen molar-refractivity contribution < 1.29 is 4.74 Å². The summed E-state index contributed by atoms with van der Waals surface area (Å²) in [4.78, 5) is 2.64. The van der Waals surface area contributed by atoms with Crippen LogP contribution in [0.25, 0.3) is 0 Å². The van der Waals surface area contributed by atoms with Crippen molar-refractivity contribution in [3.63, 3.8) is 0 Å². The van der Waals surface area contributed by atoms with Crippen molar-refractivity contribution in [2.24, 2.45) is 0 Å². The standard InChI is InChI=1S/C30H51N3O/c1-27(31-33-24-16-22-30(33)26-34-2)17-11-8-6-4-3-5-7-9-14-20-29-21-15-23-32(29)25-28-18-12-10-13-19-28/h10,12-14,18-20,27,29-31H,3-9,11,15-17,21-26H2,1-2H3/b20-14-/t27-,29+,30+/m1/s1. The van der Waals surface area contributed by atoms with Crippen molar-refractivity contribution in [3.05, 3.63) is 48.0 Å². The molecule has 0 radical (unpaired) electrons. The predicted octanol–water partition coefficient (Wildman–Crippen LogP) is 6.72. The highest BCUT2D eigenvalue weighted by Gasteiger charge is 2.25. The second-order valence-electron chi connectivity index (χ2n) is 10.6. The summed E-state index contributed by atoms with van der Waals surface area (Å²) in [6.45, 7) is 6.69. The Morgan fingerprint density at radius 3 is 2.50 bits per heavy atom. The van der Waals surface area contributed by atoms with E-state index in [1.54, 1.807) is 0 Å². The van der Waals surface area contributed by atoms with Crippen LogP contribution < -0.4 is 5.43 Å². The fraction of sp³-hybridized carbons (Fsp3) is 0.733. The van der Waals surface area contributed by atoms with Gasteiger partial charge in [0.05, 0.1) is 6.61 Å². The lowest BCUT2D eigenvalue weighted by Gasteiger charge is -2.28. The number of likely N-dealkylation sites (tertiary alicyclic amines) is 1. The molecule has 0 aromatic heterocycles. The fourth-order valence-electron chi connectivity index (χ4n) is 5.65. The molecule has 0 aliphatic carbocycles. The van der Waals surface area contributed by atoms with Crippen LogP contribution in [0.4, 0.5) is 0 Å². The van der Waals surface area contributed by atoms with Crippen molar-refractivity contribution in [2.45, 2.75) is 115 Å². The number of methoxy groups -OCH3 is 1. The van der Waals surface area contributed by atoms with Gasteiger partial charge < -0.3 is 4.74 Å². The van der Waals surface area contributed by atoms with Crippen LogP contribution in [0, 0.1) is 0 Å². The quantitative estimate of drug-likeness (QED) is 0.202. The summed E-state index contributed by atoms with van der Waals surface area (Å²) in [5, 5.41) is 2.43. The van der Waals surface area contributed by atoms with Gasteiger partial charge in [-0.05, 0) is 64.0 Å². The van der Waals surface area contributed by atoms with Gasteiger partial charge in [-0.3, -0.25) is 10.3 Å². The summed E-state index contributed by atoms with van der Waals surface area (Å²) in [5.41, 5.74) is 5.16. The van der Waals surface area contributed by atoms with Gasteiger partial charge in [-0.15, -0.1) is 0 Å². The minimum absolute atomic E-state index is 0.564. The lowest BCUT2D eigenvalue weighted by atomic mass is 10.0. The van der Waals surface area contributed by atoms with Crippen LogP contribution in [0.3, 0.4) is 0 Å². The molecule has 34 heavy (non-hydrogen) atoms. The van der Waals surface area contributed by atoms with E-state index in [9.17, 15) is 0 Å². The maximum atomic E-state index is 5.36. The number of nitrogens with one attached hydrogen (secondary N) is 1. The predicted molar refractivity (Wildman–Crippen MR) is 145 cm³/mol. The number of ether oxygens (including phenoxy) is 1. The van der Waals surface area contributed by atoms with Gasteiger partial charge in [0.2, 0.25) is 0 Å². The van der Waals surface area contributed by atoms with Gasteiger partial charge in [-0.2, -0.15) is 0 Å². The molecule has 2 saturated heterocycles. The Hall–Kier alpha value is -1.20. The molecular weight excluding hydrogens is 418 g/mol. The number of hydrazine groups is 1. The number of unbranched alkanes of at least 4 members (excludes halogenated alkanes) is 7. The third kappa shape index (κ3) is 10.2. The first kappa shape index (κ1) is 27.4. The van der Waals surface area contributed by atoms with Crippen molar-refractivity contribution in [1.82, 2.24) is 15.3 Å². The number of allylic oxidation sites excluding steroid dienone is 1. The van der Waals surface area contributed by atoms with E-state index >= 15 is 0 Å². The lowest BCUT2D eigenvalue weighted by Crippen LogP contribution is -2.47. The van der Waals surface area contributed by atoms with E-state index in [1.165, 1.54) is 102 Å². The van der Waals surface area contributed by atoms with E-state index < -0.39 is 0 Å². The highest BCUT2D eigenvalue weighted by atomic mass is 16.5. The number of hydrogen-bond donors (Lipinski definition) is 1. The monoisotopic (exact) mass is 469 g/mol. The number of benzene rings is 1. The van der Waals surface area contributed by atoms with Gasteiger partial charge in [0.15, 0.2) is 0 Å². The average Bonchev–Trinajstić information content (AvgIpc) is 3.47. The molecule has 2 aliphatic rings. The second-order valence-corrected chi connectivity index (χ2v) is 10.6. The molecule has 2 fully saturated rings. The normalized spacial score (nSPS) is 22.8. The van der Waals surface area contributed by atoms with Crippen LogP contribution in [0.2, 0.25) is 0 Å². The largest absolute Gasteiger partial charge is 0.383 e. The minimum Gasteiger partial charge on any atom is -0.383 e. The summed E-state index contributed by atoms with van der Waals surface area (Å²) in [7, 11) is 1.81. The first-order valence-electron chi connectivity index (χ1n) is 14.2. The summed E-state index contributed by atoms with van der Waals surface area (Å²) < 4.78 is 5.36. The van der Waals surface area contributed by atoms with E-state index in [1.807, 2.05) is 7.11 Å². The van der Waals surface area contributed by atoms with Crippen LogP contribution >= 0.6 is 0 Å². The summed E-state index contributed by atoms with van der Waals surface area (Å²) in [5.74, 6) is 0. The zero-order chi connectivity index (χ0) is 23.8. The van der Waals surface area contributed by atoms with E-state index in [0.29, 0.717) is 18.1 Å². The molecule has 1 aromatic rings. The molecule has 3 atom stereocenters. The van der Waals surface area contributed by atoms with Gasteiger partial charge >= 0.3 is 0 Å². The van der Waals surface area contributed by atoms with Crippen LogP contribution in [-0.2, 0) is 11.3 Å². The van der Waals surface area contributed by atoms with Gasteiger partial charge in [-0.1, -0.05) is 81.0 Å². The summed E-state index contributed by atoms with van der Waals surface area (Å²) in [6.07, 6.45) is 22.4. The van der Waals surface area contributed by atoms with E-state index in [4.69, 9.17) is 4.74 Å². The molecule has 1 aromatic carbocycles. The second kappa shape index (κ2) is 16.5. The number of rotatable bonds is 17. The third-order valence-corrected chi connectivity index (χ3v) is 7.63. The highest BCUT2D eigenvalue weighted by molar-refractivity contribution is 5.15. The van der Waals surface area contributed by atoms with Crippen molar-refractivity contribution in [1.29, 1.82) is 0 Å². The van der Waals surface area contributed by atoms with Crippen LogP contribution in [0.1, 0.15) is 96.0 Å². The van der Waals surface area contributed by atoms with E-state index in [2.05, 4.69) is 64.7 Å². The topological polar surface area (TPSA) is 27.7 Å². The third-order valence-electron chi connectivity index (χ3n) is 7.63. The van der Waals surface area contributed by atoms with Gasteiger partial charge in [0.1, 0.15) is 0 Å². The molecule has 2 heterocycles. The van der Waals surface area contributed by atoms with E-state index in [0.717, 1.165) is 13.2 Å². The molecule has 4 nitrogen and oxygen atoms in total. The average molecular weight is 470 g/mol. The lowest BCUT2D eigenvalue weighted by molar-refractivity contribution is 0.0716. The molecular formula is C30H51N3O. The summed E-state index contributed by atoms with van der Waals surface area (Å²) in [6, 6.07) is 12.7. The van der Waals surface area contributed by atoms with Crippen molar-refractivity contribution in [3.8, 4) is 0 Å². The molecule has 3 rings (SSSR count). The minimum atomic E-state index is 0.564. The van der Waals surface area contributed by atoms with Crippen LogP contribution in [-0.4, -0.2) is 54.8 Å². The Kier molecular flexibility index (Phi) is 13.3. The zero-order valence-electron chi connectivity index (χ0n) is 22.1. The number of nitrogens with zero attached hydrogens (tertiary/aromatic N) is 2. The molecule has 2 aliphatic heterocycles. The Morgan fingerprint density at radius 1 is 0.971 bits per heavy atom. The Labute approximate surface area is 210 Å². The maximum Gasteiger partial charge on any atom is 0.0632 e. The van der Waals surface area contributed by atoms with Crippen LogP contribution in [0.15, 0.2) is 42.5 Å². The Morgan fingerprint density at radius 2 is 1.71 bits per heavy atom. The molecule has 0 saturated carbocycles. The molecule has 192 valence electrons. The highest BCUT2D eigenvalue weighted by Crippen LogP contribution is 2.21. The molecule has 0 amide bonds. The Bertz CT molecular complexity index is 664. The fourth-order valence-corrected chi connectivity index (χ4v) is 5.65.